The number of carbonyl (C=O) groups is 1. The second-order valence-corrected chi connectivity index (χ2v) is 7.63. The minimum atomic E-state index is -0.113. The second kappa shape index (κ2) is 8.84. The van der Waals surface area contributed by atoms with E-state index in [1.54, 1.807) is 12.3 Å². The summed E-state index contributed by atoms with van der Waals surface area (Å²) in [7, 11) is 0. The van der Waals surface area contributed by atoms with E-state index in [1.165, 1.54) is 0 Å². The highest BCUT2D eigenvalue weighted by atomic mass is 16.6. The minimum absolute atomic E-state index is 0.113. The fourth-order valence-electron chi connectivity index (χ4n) is 3.96. The molecule has 2 fully saturated rings. The molecule has 1 aromatic carbocycles. The molecule has 10 nitrogen and oxygen atoms in total. The van der Waals surface area contributed by atoms with E-state index < -0.39 is 0 Å². The number of anilines is 3. The van der Waals surface area contributed by atoms with Crippen LogP contribution in [0.1, 0.15) is 0 Å². The Kier molecular flexibility index (Phi) is 5.61. The summed E-state index contributed by atoms with van der Waals surface area (Å²) in [6, 6.07) is 7.42. The number of rotatable bonds is 3. The van der Waals surface area contributed by atoms with E-state index in [9.17, 15) is 4.79 Å². The first-order valence-electron chi connectivity index (χ1n) is 10.6. The molecule has 0 aliphatic carbocycles. The molecule has 0 saturated carbocycles. The number of piperazine rings is 1. The standard InChI is InChI=1S/C21H26N6O4/c28-21(23-16-1-2-18-19(13-16)31-12-11-30-18)27-5-3-25(4-6-27)17-14-20(24-22-15-17)26-7-9-29-10-8-26/h1-2,13-15H,3-12H2,(H,23,28). The lowest BCUT2D eigenvalue weighted by molar-refractivity contribution is 0.122. The Morgan fingerprint density at radius 1 is 0.871 bits per heavy atom. The number of hydrogen-bond acceptors (Lipinski definition) is 8. The first-order valence-corrected chi connectivity index (χ1v) is 10.6. The highest BCUT2D eigenvalue weighted by Crippen LogP contribution is 2.32. The lowest BCUT2D eigenvalue weighted by atomic mass is 10.2. The summed E-state index contributed by atoms with van der Waals surface area (Å²) in [4.78, 5) is 19.0. The van der Waals surface area contributed by atoms with Crippen molar-refractivity contribution in [2.24, 2.45) is 0 Å². The van der Waals surface area contributed by atoms with Crippen LogP contribution in [-0.2, 0) is 4.74 Å². The zero-order chi connectivity index (χ0) is 21.0. The van der Waals surface area contributed by atoms with Gasteiger partial charge in [0.05, 0.1) is 25.1 Å². The zero-order valence-electron chi connectivity index (χ0n) is 17.3. The third kappa shape index (κ3) is 4.43. The number of amides is 2. The predicted octanol–water partition coefficient (Wildman–Crippen LogP) is 1.44. The number of ether oxygens (including phenoxy) is 3. The summed E-state index contributed by atoms with van der Waals surface area (Å²) in [5.74, 6) is 2.25. The number of aromatic nitrogens is 2. The maximum absolute atomic E-state index is 12.7. The van der Waals surface area contributed by atoms with Gasteiger partial charge in [0.15, 0.2) is 17.3 Å². The van der Waals surface area contributed by atoms with Crippen molar-refractivity contribution < 1.29 is 19.0 Å². The van der Waals surface area contributed by atoms with Gasteiger partial charge in [-0.1, -0.05) is 0 Å². The third-order valence-corrected chi connectivity index (χ3v) is 5.69. The van der Waals surface area contributed by atoms with Crippen LogP contribution >= 0.6 is 0 Å². The number of nitrogens with one attached hydrogen (secondary N) is 1. The van der Waals surface area contributed by atoms with Gasteiger partial charge in [0, 0.05) is 57.1 Å². The first-order chi connectivity index (χ1) is 15.3. The lowest BCUT2D eigenvalue weighted by Crippen LogP contribution is -2.50. The molecule has 31 heavy (non-hydrogen) atoms. The molecule has 1 N–H and O–H groups in total. The van der Waals surface area contributed by atoms with Crippen molar-refractivity contribution in [3.63, 3.8) is 0 Å². The van der Waals surface area contributed by atoms with Gasteiger partial charge in [0.25, 0.3) is 0 Å². The normalized spacial score (nSPS) is 18.6. The second-order valence-electron chi connectivity index (χ2n) is 7.63. The highest BCUT2D eigenvalue weighted by molar-refractivity contribution is 5.90. The van der Waals surface area contributed by atoms with E-state index in [4.69, 9.17) is 14.2 Å². The number of urea groups is 1. The zero-order valence-corrected chi connectivity index (χ0v) is 17.3. The smallest absolute Gasteiger partial charge is 0.321 e. The Hall–Kier alpha value is -3.27. The molecule has 2 saturated heterocycles. The number of hydrogen-bond donors (Lipinski definition) is 1. The molecule has 3 aliphatic rings. The van der Waals surface area contributed by atoms with Gasteiger partial charge in [-0.25, -0.2) is 4.79 Å². The van der Waals surface area contributed by atoms with Crippen LogP contribution in [-0.4, -0.2) is 86.8 Å². The van der Waals surface area contributed by atoms with Crippen LogP contribution in [0, 0.1) is 0 Å². The van der Waals surface area contributed by atoms with Crippen LogP contribution in [0.5, 0.6) is 11.5 Å². The van der Waals surface area contributed by atoms with E-state index in [-0.39, 0.29) is 6.03 Å². The van der Waals surface area contributed by atoms with Gasteiger partial charge in [-0.05, 0) is 12.1 Å². The molecule has 2 amide bonds. The average molecular weight is 426 g/mol. The van der Waals surface area contributed by atoms with E-state index in [2.05, 4.69) is 31.4 Å². The van der Waals surface area contributed by atoms with Crippen LogP contribution < -0.4 is 24.6 Å². The van der Waals surface area contributed by atoms with Crippen molar-refractivity contribution in [2.75, 3.05) is 80.8 Å². The van der Waals surface area contributed by atoms with Gasteiger partial charge in [-0.2, -0.15) is 5.10 Å². The van der Waals surface area contributed by atoms with Crippen molar-refractivity contribution >= 4 is 23.2 Å². The molecular formula is C21H26N6O4. The van der Waals surface area contributed by atoms with Crippen molar-refractivity contribution in [3.8, 4) is 11.5 Å². The van der Waals surface area contributed by atoms with Crippen molar-refractivity contribution in [1.29, 1.82) is 0 Å². The molecule has 0 atom stereocenters. The summed E-state index contributed by atoms with van der Waals surface area (Å²) in [5, 5.41) is 11.4. The summed E-state index contributed by atoms with van der Waals surface area (Å²) in [6.45, 7) is 6.88. The summed E-state index contributed by atoms with van der Waals surface area (Å²) >= 11 is 0. The Balaban J connectivity index is 1.17. The lowest BCUT2D eigenvalue weighted by Gasteiger charge is -2.36. The topological polar surface area (TPSA) is 92.3 Å². The fraction of sp³-hybridized carbons (Fsp3) is 0.476. The van der Waals surface area contributed by atoms with Gasteiger partial charge in [-0.3, -0.25) is 0 Å². The van der Waals surface area contributed by atoms with Crippen LogP contribution in [0.15, 0.2) is 30.5 Å². The number of carbonyl (C=O) groups excluding carboxylic acids is 1. The van der Waals surface area contributed by atoms with Crippen molar-refractivity contribution in [2.45, 2.75) is 0 Å². The van der Waals surface area contributed by atoms with Crippen LogP contribution in [0.4, 0.5) is 22.0 Å². The Bertz CT molecular complexity index is 928. The van der Waals surface area contributed by atoms with Crippen LogP contribution in [0.25, 0.3) is 0 Å². The molecule has 164 valence electrons. The van der Waals surface area contributed by atoms with Crippen molar-refractivity contribution in [1.82, 2.24) is 15.1 Å². The maximum Gasteiger partial charge on any atom is 0.321 e. The Labute approximate surface area is 180 Å². The Morgan fingerprint density at radius 3 is 2.45 bits per heavy atom. The minimum Gasteiger partial charge on any atom is -0.486 e. The van der Waals surface area contributed by atoms with E-state index in [0.29, 0.717) is 56.7 Å². The largest absolute Gasteiger partial charge is 0.486 e. The van der Waals surface area contributed by atoms with Crippen molar-refractivity contribution in [3.05, 3.63) is 30.5 Å². The molecule has 5 rings (SSSR count). The summed E-state index contributed by atoms with van der Waals surface area (Å²) in [5.41, 5.74) is 1.73. The number of morpholine rings is 1. The highest BCUT2D eigenvalue weighted by Gasteiger charge is 2.23. The fourth-order valence-corrected chi connectivity index (χ4v) is 3.96. The van der Waals surface area contributed by atoms with Gasteiger partial charge >= 0.3 is 6.03 Å². The SMILES string of the molecule is O=C(Nc1ccc2c(c1)OCCO2)N1CCN(c2cnnc(N3CCOCC3)c2)CC1. The number of fused-ring (bicyclic) bond motifs is 1. The van der Waals surface area contributed by atoms with Gasteiger partial charge in [-0.15, -0.1) is 5.10 Å². The van der Waals surface area contributed by atoms with Gasteiger partial charge in [0.1, 0.15) is 13.2 Å². The van der Waals surface area contributed by atoms with E-state index in [1.807, 2.05) is 17.0 Å². The maximum atomic E-state index is 12.7. The third-order valence-electron chi connectivity index (χ3n) is 5.69. The molecule has 3 aliphatic heterocycles. The Morgan fingerprint density at radius 2 is 1.65 bits per heavy atom. The molecule has 1 aromatic heterocycles. The molecule has 0 bridgehead atoms. The molecule has 0 unspecified atom stereocenters. The molecule has 0 radical (unpaired) electrons. The predicted molar refractivity (Wildman–Crippen MR) is 115 cm³/mol. The average Bonchev–Trinajstić information content (AvgIpc) is 2.85. The van der Waals surface area contributed by atoms with Crippen LogP contribution in [0.2, 0.25) is 0 Å². The molecule has 4 heterocycles. The monoisotopic (exact) mass is 426 g/mol. The van der Waals surface area contributed by atoms with Crippen LogP contribution in [0.3, 0.4) is 0 Å². The summed E-state index contributed by atoms with van der Waals surface area (Å²) < 4.78 is 16.5. The summed E-state index contributed by atoms with van der Waals surface area (Å²) in [6.07, 6.45) is 1.79. The number of nitrogens with zero attached hydrogens (tertiary/aromatic N) is 5. The first kappa shape index (κ1) is 19.7. The van der Waals surface area contributed by atoms with Gasteiger partial charge in [0.2, 0.25) is 0 Å². The molecule has 0 spiro atoms. The quantitative estimate of drug-likeness (QED) is 0.788. The number of benzene rings is 1. The molecule has 2 aromatic rings. The van der Waals surface area contributed by atoms with E-state index >= 15 is 0 Å². The van der Waals surface area contributed by atoms with E-state index in [0.717, 1.165) is 37.7 Å². The molecule has 10 heteroatoms. The molecular weight excluding hydrogens is 400 g/mol. The van der Waals surface area contributed by atoms with Gasteiger partial charge < -0.3 is 34.2 Å².